The van der Waals surface area contributed by atoms with Gasteiger partial charge in [-0.2, -0.15) is 15.9 Å². The quantitative estimate of drug-likeness (QED) is 0.0453. The summed E-state index contributed by atoms with van der Waals surface area (Å²) in [4.78, 5) is 63.0. The molecule has 2 unspecified atom stereocenters. The van der Waals surface area contributed by atoms with Crippen LogP contribution in [0.15, 0.2) is 66.9 Å². The Morgan fingerprint density at radius 3 is 2.48 bits per heavy atom. The smallest absolute Gasteiger partial charge is 0.273 e. The standard InChI is InChI=1S/C46H53ClN8O6S/c1-6-37(57)10-14-41(29(2)56)54-27-33-23-30(7-13-39(33)44(54)59)15-19-49-43(58)31-17-21-53(22-18-31)42-32(26-48)24-35(25-40(42)47)46(3,4)34-8-11-38(12-9-34)61-28-36-16-20-50-45(51-36)52-55(5,60)62/h7-9,11-13,16,20,23-25,31,41,60,62H,6,10,14-15,17-19,21-22,27-28H2,1-5H3,(H-,49,50,51,52,58)/p+1. The Labute approximate surface area is 373 Å². The lowest BCUT2D eigenvalue weighted by Gasteiger charge is -2.35. The van der Waals surface area contributed by atoms with E-state index in [0.717, 1.165) is 22.3 Å². The highest BCUT2D eigenvalue weighted by Gasteiger charge is 2.35. The first-order valence-corrected chi connectivity index (χ1v) is 21.6. The Kier molecular flexibility index (Phi) is 14.6. The second-order valence-corrected chi connectivity index (χ2v) is 17.8. The van der Waals surface area contributed by atoms with Crippen LogP contribution in [0.2, 0.25) is 5.02 Å². The van der Waals surface area contributed by atoms with Gasteiger partial charge in [0, 0.05) is 62.1 Å². The number of nitrogens with zero attached hydrogens (tertiary/aromatic N) is 6. The molecule has 2 aliphatic rings. The van der Waals surface area contributed by atoms with Crippen molar-refractivity contribution in [3.05, 3.63) is 111 Å². The van der Waals surface area contributed by atoms with E-state index in [-0.39, 0.29) is 48.3 Å². The number of nitrogens with one attached hydrogen (secondary N) is 2. The molecule has 14 nitrogen and oxygen atoms in total. The molecule has 6 rings (SSSR count). The maximum atomic E-state index is 13.3. The molecule has 326 valence electrons. The summed E-state index contributed by atoms with van der Waals surface area (Å²) >= 11 is 11.0. The lowest BCUT2D eigenvalue weighted by Crippen LogP contribution is -2.41. The van der Waals surface area contributed by atoms with Crippen LogP contribution in [0.25, 0.3) is 0 Å². The minimum atomic E-state index is -0.822. The first-order chi connectivity index (χ1) is 29.5. The number of carbonyl (C=O) groups is 4. The van der Waals surface area contributed by atoms with Crippen LogP contribution in [0.4, 0.5) is 11.6 Å². The molecule has 2 amide bonds. The number of quaternary nitrogens is 1. The molecule has 3 aromatic carbocycles. The van der Waals surface area contributed by atoms with Crippen LogP contribution in [-0.2, 0) is 39.4 Å². The van der Waals surface area contributed by atoms with E-state index in [0.29, 0.717) is 91.6 Å². The number of nitriles is 1. The molecule has 0 aliphatic carbocycles. The molecule has 2 atom stereocenters. The van der Waals surface area contributed by atoms with Crippen LogP contribution in [0.3, 0.4) is 0 Å². The van der Waals surface area contributed by atoms with Crippen LogP contribution in [-0.4, -0.2) is 80.3 Å². The van der Waals surface area contributed by atoms with Gasteiger partial charge in [-0.3, -0.25) is 19.2 Å². The van der Waals surface area contributed by atoms with E-state index < -0.39 is 15.6 Å². The molecule has 3 heterocycles. The zero-order valence-electron chi connectivity index (χ0n) is 35.8. The minimum Gasteiger partial charge on any atom is -0.487 e. The largest absolute Gasteiger partial charge is 0.487 e. The first-order valence-electron chi connectivity index (χ1n) is 20.8. The highest BCUT2D eigenvalue weighted by atomic mass is 35.5. The number of amides is 2. The predicted octanol–water partition coefficient (Wildman–Crippen LogP) is 7.16. The number of anilines is 2. The van der Waals surface area contributed by atoms with Crippen molar-refractivity contribution in [1.82, 2.24) is 20.2 Å². The molecular formula is C46H54ClN8O6S+. The summed E-state index contributed by atoms with van der Waals surface area (Å²) < 4.78 is 5.15. The average Bonchev–Trinajstić information content (AvgIpc) is 3.56. The number of carbonyl (C=O) groups excluding carboxylic acids is 4. The van der Waals surface area contributed by atoms with Gasteiger partial charge in [-0.15, -0.1) is 0 Å². The lowest BCUT2D eigenvalue weighted by atomic mass is 9.77. The molecule has 1 aromatic heterocycles. The molecule has 4 aromatic rings. The fourth-order valence-electron chi connectivity index (χ4n) is 8.07. The number of fused-ring (bicyclic) bond motifs is 1. The van der Waals surface area contributed by atoms with Crippen molar-refractivity contribution in [2.75, 3.05) is 37.0 Å². The summed E-state index contributed by atoms with van der Waals surface area (Å²) in [5.74, 6) is 0.391. The Balaban J connectivity index is 1.00. The van der Waals surface area contributed by atoms with Crippen molar-refractivity contribution in [1.29, 1.82) is 5.26 Å². The second kappa shape index (κ2) is 19.7. The molecule has 1 fully saturated rings. The van der Waals surface area contributed by atoms with Crippen LogP contribution in [0, 0.1) is 17.2 Å². The molecule has 3 N–H and O–H groups in total. The normalized spacial score (nSPS) is 15.6. The van der Waals surface area contributed by atoms with Crippen molar-refractivity contribution >= 4 is 59.4 Å². The number of piperidine rings is 1. The third-order valence-corrected chi connectivity index (χ3v) is 12.1. The molecule has 0 radical (unpaired) electrons. The number of thiol groups is 1. The van der Waals surface area contributed by atoms with Gasteiger partial charge in [-0.25, -0.2) is 9.97 Å². The fourth-order valence-corrected chi connectivity index (χ4v) is 8.50. The van der Waals surface area contributed by atoms with E-state index in [9.17, 15) is 29.6 Å². The number of ketones is 2. The molecule has 1 saturated heterocycles. The summed E-state index contributed by atoms with van der Waals surface area (Å²) in [7, 11) is 1.41. The Morgan fingerprint density at radius 1 is 1.10 bits per heavy atom. The molecule has 0 bridgehead atoms. The number of rotatable bonds is 18. The summed E-state index contributed by atoms with van der Waals surface area (Å²) in [6.07, 6.45) is 4.36. The van der Waals surface area contributed by atoms with Crippen molar-refractivity contribution < 1.29 is 33.3 Å². The van der Waals surface area contributed by atoms with E-state index >= 15 is 0 Å². The number of ether oxygens (including phenoxy) is 1. The number of halogens is 1. The van der Waals surface area contributed by atoms with Crippen molar-refractivity contribution in [2.24, 2.45) is 5.92 Å². The van der Waals surface area contributed by atoms with Gasteiger partial charge in [0.25, 0.3) is 11.9 Å². The summed E-state index contributed by atoms with van der Waals surface area (Å²) in [5.41, 5.74) is 8.18. The summed E-state index contributed by atoms with van der Waals surface area (Å²) in [6.45, 7) is 9.49. The van der Waals surface area contributed by atoms with Gasteiger partial charge in [0.1, 0.15) is 44.1 Å². The molecule has 16 heteroatoms. The third-order valence-electron chi connectivity index (χ3n) is 11.7. The van der Waals surface area contributed by atoms with Crippen LogP contribution in [0.5, 0.6) is 5.75 Å². The number of aromatic nitrogens is 2. The molecule has 62 heavy (non-hydrogen) atoms. The second-order valence-electron chi connectivity index (χ2n) is 16.6. The zero-order valence-corrected chi connectivity index (χ0v) is 37.4. The highest BCUT2D eigenvalue weighted by Crippen LogP contribution is 2.40. The maximum Gasteiger partial charge on any atom is 0.273 e. The Morgan fingerprint density at radius 2 is 1.82 bits per heavy atom. The molecule has 0 saturated carbocycles. The number of Topliss-reactive ketones (excluding diaryl/α,β-unsaturated/α-hetero) is 2. The van der Waals surface area contributed by atoms with Gasteiger partial charge in [-0.05, 0) is 95.4 Å². The molecule has 0 spiro atoms. The zero-order chi connectivity index (χ0) is 44.8. The maximum absolute atomic E-state index is 13.3. The highest BCUT2D eigenvalue weighted by molar-refractivity contribution is 7.74. The van der Waals surface area contributed by atoms with Crippen molar-refractivity contribution in [2.45, 2.75) is 90.8 Å². The number of benzene rings is 3. The fraction of sp³-hybridized carbons (Fsp3) is 0.413. The number of hydrogen-bond acceptors (Lipinski definition) is 12. The van der Waals surface area contributed by atoms with Gasteiger partial charge in [-0.1, -0.05) is 56.6 Å². The summed E-state index contributed by atoms with van der Waals surface area (Å²) in [6, 6.07) is 20.7. The lowest BCUT2D eigenvalue weighted by molar-refractivity contribution is -0.955. The van der Waals surface area contributed by atoms with E-state index in [1.54, 1.807) is 30.2 Å². The monoisotopic (exact) mass is 881 g/mol. The van der Waals surface area contributed by atoms with Gasteiger partial charge in [0.05, 0.1) is 28.0 Å². The van der Waals surface area contributed by atoms with E-state index in [1.807, 2.05) is 48.5 Å². The van der Waals surface area contributed by atoms with Crippen molar-refractivity contribution in [3.8, 4) is 11.8 Å². The van der Waals surface area contributed by atoms with Gasteiger partial charge < -0.3 is 19.9 Å². The average molecular weight is 883 g/mol. The van der Waals surface area contributed by atoms with E-state index in [4.69, 9.17) is 16.3 Å². The Bertz CT molecular complexity index is 2350. The van der Waals surface area contributed by atoms with Gasteiger partial charge in [0.2, 0.25) is 5.91 Å². The van der Waals surface area contributed by atoms with Gasteiger partial charge >= 0.3 is 0 Å². The Hall–Kier alpha value is -5.53. The third kappa shape index (κ3) is 11.1. The first kappa shape index (κ1) is 46.0. The van der Waals surface area contributed by atoms with Gasteiger partial charge in [0.15, 0.2) is 5.78 Å². The van der Waals surface area contributed by atoms with E-state index in [1.165, 1.54) is 14.0 Å². The number of hydrogen-bond donors (Lipinski definition) is 4. The van der Waals surface area contributed by atoms with Crippen molar-refractivity contribution in [3.63, 3.8) is 0 Å². The van der Waals surface area contributed by atoms with Crippen LogP contribution >= 0.6 is 24.4 Å². The van der Waals surface area contributed by atoms with Crippen LogP contribution < -0.4 is 20.4 Å². The minimum absolute atomic E-state index is 0.0162. The topological polar surface area (TPSA) is 178 Å². The SMILES string of the molecule is CCC(=O)CCC(C(C)=O)N1Cc2cc(CCNC(=O)C3CCN(c4c(Cl)cc(C(C)(C)c5ccc(OCc6ccnc(N[N+](C)(O)S)n6)cc5)cc4C#N)CC3)ccc2C1=O. The van der Waals surface area contributed by atoms with E-state index in [2.05, 4.69) is 58.3 Å². The number of hydroxylamine groups is 1. The summed E-state index contributed by atoms with van der Waals surface area (Å²) in [5, 5.41) is 23.7. The van der Waals surface area contributed by atoms with Crippen LogP contribution in [0.1, 0.15) is 104 Å². The molecule has 2 aliphatic heterocycles. The predicted molar refractivity (Wildman–Crippen MR) is 239 cm³/mol. The molecular weight excluding hydrogens is 828 g/mol.